The van der Waals surface area contributed by atoms with Gasteiger partial charge in [-0.3, -0.25) is 0 Å². The summed E-state index contributed by atoms with van der Waals surface area (Å²) in [5.74, 6) is 0. The number of hydrogen-bond donors (Lipinski definition) is 0. The average molecular weight is 216 g/mol. The van der Waals surface area contributed by atoms with E-state index >= 15 is 0 Å². The van der Waals surface area contributed by atoms with Crippen molar-refractivity contribution in [1.29, 1.82) is 5.26 Å². The summed E-state index contributed by atoms with van der Waals surface area (Å²) in [7, 11) is 0. The third-order valence-electron chi connectivity index (χ3n) is 1.45. The molecule has 0 atom stereocenters. The first-order valence-electron chi connectivity index (χ1n) is 4.02. The highest BCUT2D eigenvalue weighted by Gasteiger charge is 1.85. The third-order valence-corrected chi connectivity index (χ3v) is 2.01. The molecule has 0 radical (unpaired) electrons. The molecule has 0 fully saturated rings. The molecule has 0 N–H and O–H groups in total. The van der Waals surface area contributed by atoms with Crippen LogP contribution in [0.25, 0.3) is 0 Å². The Morgan fingerprint density at radius 2 is 1.91 bits per heavy atom. The maximum absolute atomic E-state index is 8.16. The van der Waals surface area contributed by atoms with Gasteiger partial charge in [0.05, 0.1) is 6.07 Å². The first kappa shape index (κ1) is 10.7. The fraction of sp³-hybridized carbons (Fsp3) is 0.667. The zero-order chi connectivity index (χ0) is 8.36. The van der Waals surface area contributed by atoms with Crippen LogP contribution < -0.4 is 0 Å². The van der Waals surface area contributed by atoms with Crippen LogP contribution in [-0.4, -0.2) is 5.33 Å². The van der Waals surface area contributed by atoms with Gasteiger partial charge in [0.2, 0.25) is 0 Å². The van der Waals surface area contributed by atoms with Gasteiger partial charge < -0.3 is 0 Å². The maximum Gasteiger partial charge on any atom is 0.0908 e. The van der Waals surface area contributed by atoms with Gasteiger partial charge >= 0.3 is 0 Å². The number of nitrogens with zero attached hydrogens (tertiary/aromatic N) is 1. The molecule has 0 aliphatic rings. The highest BCUT2D eigenvalue weighted by atomic mass is 79.9. The summed E-state index contributed by atoms with van der Waals surface area (Å²) in [4.78, 5) is 0. The lowest BCUT2D eigenvalue weighted by atomic mass is 10.1. The van der Waals surface area contributed by atoms with E-state index in [0.29, 0.717) is 0 Å². The molecule has 0 saturated heterocycles. The quantitative estimate of drug-likeness (QED) is 0.379. The highest BCUT2D eigenvalue weighted by molar-refractivity contribution is 9.09. The molecule has 0 spiro atoms. The molecule has 0 saturated carbocycles. The second-order valence-electron chi connectivity index (χ2n) is 2.42. The molecule has 0 amide bonds. The summed E-state index contributed by atoms with van der Waals surface area (Å²) in [6.45, 7) is 0. The molecule has 1 nitrogen and oxygen atoms in total. The van der Waals surface area contributed by atoms with Crippen LogP contribution in [0, 0.1) is 11.3 Å². The predicted octanol–water partition coefficient (Wildman–Crippen LogP) is 3.41. The second-order valence-corrected chi connectivity index (χ2v) is 3.22. The molecule has 11 heavy (non-hydrogen) atoms. The van der Waals surface area contributed by atoms with Crippen molar-refractivity contribution < 1.29 is 0 Å². The van der Waals surface area contributed by atoms with Crippen molar-refractivity contribution in [1.82, 2.24) is 0 Å². The molecule has 62 valence electrons. The Balaban J connectivity index is 2.92. The van der Waals surface area contributed by atoms with Crippen LogP contribution in [0.15, 0.2) is 12.2 Å². The van der Waals surface area contributed by atoms with Crippen LogP contribution in [0.1, 0.15) is 32.1 Å². The number of unbranched alkanes of at least 4 members (excludes halogenated alkanes) is 4. The summed E-state index contributed by atoms with van der Waals surface area (Å²) < 4.78 is 0. The highest BCUT2D eigenvalue weighted by Crippen LogP contribution is 2.04. The number of hydrogen-bond acceptors (Lipinski definition) is 1. The van der Waals surface area contributed by atoms with E-state index in [1.165, 1.54) is 25.7 Å². The molecule has 0 bridgehead atoms. The van der Waals surface area contributed by atoms with E-state index in [1.54, 1.807) is 6.08 Å². The summed E-state index contributed by atoms with van der Waals surface area (Å²) in [6, 6.07) is 1.98. The van der Waals surface area contributed by atoms with E-state index in [-0.39, 0.29) is 0 Å². The number of allylic oxidation sites excluding steroid dienone is 2. The molecular formula is C9H14BrN. The molecule has 0 aromatic carbocycles. The van der Waals surface area contributed by atoms with Crippen LogP contribution in [0.4, 0.5) is 0 Å². The maximum atomic E-state index is 8.16. The van der Waals surface area contributed by atoms with Crippen molar-refractivity contribution >= 4 is 15.9 Å². The molecule has 0 aromatic rings. The molecule has 0 unspecified atom stereocenters. The minimum absolute atomic E-state index is 1.05. The predicted molar refractivity (Wildman–Crippen MR) is 51.6 cm³/mol. The summed E-state index contributed by atoms with van der Waals surface area (Å²) in [5.41, 5.74) is 0. The summed E-state index contributed by atoms with van der Waals surface area (Å²) in [5, 5.41) is 9.28. The van der Waals surface area contributed by atoms with Crippen molar-refractivity contribution in [2.24, 2.45) is 0 Å². The largest absolute Gasteiger partial charge is 0.193 e. The topological polar surface area (TPSA) is 23.8 Å². The van der Waals surface area contributed by atoms with Gasteiger partial charge in [-0.25, -0.2) is 0 Å². The average Bonchev–Trinajstić information content (AvgIpc) is 2.03. The van der Waals surface area contributed by atoms with Gasteiger partial charge in [0.1, 0.15) is 0 Å². The lowest BCUT2D eigenvalue weighted by Gasteiger charge is -1.94. The van der Waals surface area contributed by atoms with Crippen LogP contribution in [0.5, 0.6) is 0 Å². The van der Waals surface area contributed by atoms with Gasteiger partial charge in [-0.2, -0.15) is 5.26 Å². The fourth-order valence-electron chi connectivity index (χ4n) is 0.846. The smallest absolute Gasteiger partial charge is 0.0908 e. The summed E-state index contributed by atoms with van der Waals surface area (Å²) in [6.07, 6.45) is 9.61. The van der Waals surface area contributed by atoms with Crippen LogP contribution in [0.3, 0.4) is 0 Å². The Morgan fingerprint density at radius 1 is 1.18 bits per heavy atom. The van der Waals surface area contributed by atoms with E-state index in [9.17, 15) is 0 Å². The van der Waals surface area contributed by atoms with E-state index in [1.807, 2.05) is 12.1 Å². The van der Waals surface area contributed by atoms with Crippen LogP contribution in [0.2, 0.25) is 0 Å². The lowest BCUT2D eigenvalue weighted by molar-refractivity contribution is 0.679. The van der Waals surface area contributed by atoms with E-state index in [2.05, 4.69) is 15.9 Å². The Labute approximate surface area is 77.2 Å². The SMILES string of the molecule is N#C/C=C\CCCCCCBr. The monoisotopic (exact) mass is 215 g/mol. The number of nitriles is 1. The Hall–Kier alpha value is -0.290. The van der Waals surface area contributed by atoms with Gasteiger partial charge in [0.15, 0.2) is 0 Å². The zero-order valence-electron chi connectivity index (χ0n) is 6.72. The standard InChI is InChI=1S/C9H14BrN/c10-8-6-4-2-1-3-5-7-9-11/h5,7H,1-4,6,8H2/b7-5-. The molecule has 0 aliphatic carbocycles. The molecule has 0 rings (SSSR count). The van der Waals surface area contributed by atoms with Crippen molar-refractivity contribution in [2.45, 2.75) is 32.1 Å². The number of alkyl halides is 1. The molecule has 0 aromatic heterocycles. The van der Waals surface area contributed by atoms with E-state index in [0.717, 1.165) is 11.8 Å². The number of halogens is 1. The minimum Gasteiger partial charge on any atom is -0.193 e. The minimum atomic E-state index is 1.05. The van der Waals surface area contributed by atoms with Crippen LogP contribution in [-0.2, 0) is 0 Å². The fourth-order valence-corrected chi connectivity index (χ4v) is 1.24. The molecule has 2 heteroatoms. The summed E-state index contributed by atoms with van der Waals surface area (Å²) >= 11 is 3.39. The normalized spacial score (nSPS) is 10.2. The third kappa shape index (κ3) is 9.71. The van der Waals surface area contributed by atoms with Gasteiger partial charge in [0.25, 0.3) is 0 Å². The lowest BCUT2D eigenvalue weighted by Crippen LogP contribution is -1.77. The first-order chi connectivity index (χ1) is 5.41. The Morgan fingerprint density at radius 3 is 2.55 bits per heavy atom. The van der Waals surface area contributed by atoms with E-state index in [4.69, 9.17) is 5.26 Å². The van der Waals surface area contributed by atoms with Crippen LogP contribution >= 0.6 is 15.9 Å². The zero-order valence-corrected chi connectivity index (χ0v) is 8.31. The number of rotatable bonds is 6. The van der Waals surface area contributed by atoms with Gasteiger partial charge in [-0.15, -0.1) is 0 Å². The van der Waals surface area contributed by atoms with E-state index < -0.39 is 0 Å². The van der Waals surface area contributed by atoms with Gasteiger partial charge in [-0.05, 0) is 19.3 Å². The molecule has 0 aliphatic heterocycles. The van der Waals surface area contributed by atoms with Crippen molar-refractivity contribution in [3.8, 4) is 6.07 Å². The van der Waals surface area contributed by atoms with Gasteiger partial charge in [0, 0.05) is 11.4 Å². The van der Waals surface area contributed by atoms with Crippen molar-refractivity contribution in [3.63, 3.8) is 0 Å². The molecule has 0 heterocycles. The first-order valence-corrected chi connectivity index (χ1v) is 5.14. The second kappa shape index (κ2) is 9.71. The van der Waals surface area contributed by atoms with Crippen molar-refractivity contribution in [2.75, 3.05) is 5.33 Å². The van der Waals surface area contributed by atoms with Gasteiger partial charge in [-0.1, -0.05) is 34.8 Å². The van der Waals surface area contributed by atoms with Crippen molar-refractivity contribution in [3.05, 3.63) is 12.2 Å². The Bertz CT molecular complexity index is 135. The molecular weight excluding hydrogens is 202 g/mol. The Kier molecular flexibility index (Phi) is 9.45.